The molecule has 0 bridgehead atoms. The molecule has 3 rings (SSSR count). The van der Waals surface area contributed by atoms with Gasteiger partial charge in [-0.05, 0) is 12.1 Å². The Labute approximate surface area is 148 Å². The van der Waals surface area contributed by atoms with Crippen LogP contribution in [0.25, 0.3) is 11.0 Å². The molecule has 1 aromatic carbocycles. The number of hydrogen-bond acceptors (Lipinski definition) is 5. The summed E-state index contributed by atoms with van der Waals surface area (Å²) in [5.74, 6) is 0.362. The monoisotopic (exact) mass is 354 g/mol. The van der Waals surface area contributed by atoms with Gasteiger partial charge in [0.05, 0.1) is 30.8 Å². The van der Waals surface area contributed by atoms with Gasteiger partial charge >= 0.3 is 5.69 Å². The molecule has 0 spiro atoms. The normalized spacial score (nSPS) is 10.7. The minimum atomic E-state index is -0.462. The lowest BCUT2D eigenvalue weighted by molar-refractivity contribution is -0.115. The third kappa shape index (κ3) is 3.08. The van der Waals surface area contributed by atoms with Crippen molar-refractivity contribution < 1.29 is 9.53 Å². The third-order valence-electron chi connectivity index (χ3n) is 4.12. The summed E-state index contributed by atoms with van der Waals surface area (Å²) in [5, 5.41) is 2.98. The van der Waals surface area contributed by atoms with Gasteiger partial charge in [0.15, 0.2) is 0 Å². The number of methoxy groups -OCH3 is 1. The van der Waals surface area contributed by atoms with Gasteiger partial charge in [-0.2, -0.15) is 0 Å². The summed E-state index contributed by atoms with van der Waals surface area (Å²) in [6, 6.07) is 8.76. The van der Waals surface area contributed by atoms with Gasteiger partial charge in [-0.15, -0.1) is 0 Å². The molecule has 0 aliphatic carbocycles. The predicted molar refractivity (Wildman–Crippen MR) is 97.6 cm³/mol. The number of fused-ring (bicyclic) bond motifs is 1. The topological polar surface area (TPSA) is 95.2 Å². The Bertz CT molecular complexity index is 1110. The average Bonchev–Trinajstić information content (AvgIpc) is 2.65. The molecule has 26 heavy (non-hydrogen) atoms. The van der Waals surface area contributed by atoms with E-state index in [0.717, 1.165) is 10.1 Å². The molecule has 0 radical (unpaired) electrons. The summed E-state index contributed by atoms with van der Waals surface area (Å²) in [4.78, 5) is 40.7. The fourth-order valence-corrected chi connectivity index (χ4v) is 2.76. The van der Waals surface area contributed by atoms with E-state index in [9.17, 15) is 14.4 Å². The SMILES string of the molecule is COc1ccccc1CC(=O)Nc1cnc2c(c1)c(=O)n(C)c(=O)n2C. The van der Waals surface area contributed by atoms with E-state index in [1.54, 1.807) is 13.2 Å². The minimum absolute atomic E-state index is 0.118. The van der Waals surface area contributed by atoms with E-state index in [2.05, 4.69) is 10.3 Å². The van der Waals surface area contributed by atoms with Crippen LogP contribution < -0.4 is 21.3 Å². The fraction of sp³-hybridized carbons (Fsp3) is 0.222. The predicted octanol–water partition coefficient (Wildman–Crippen LogP) is 0.822. The molecule has 2 aromatic heterocycles. The molecule has 0 aliphatic heterocycles. The Morgan fingerprint density at radius 2 is 1.92 bits per heavy atom. The highest BCUT2D eigenvalue weighted by molar-refractivity contribution is 5.94. The van der Waals surface area contributed by atoms with Gasteiger partial charge in [-0.3, -0.25) is 18.7 Å². The Kier molecular flexibility index (Phi) is 4.57. The van der Waals surface area contributed by atoms with Crippen molar-refractivity contribution in [3.8, 4) is 5.75 Å². The molecule has 0 unspecified atom stereocenters. The van der Waals surface area contributed by atoms with E-state index in [0.29, 0.717) is 11.4 Å². The highest BCUT2D eigenvalue weighted by atomic mass is 16.5. The number of anilines is 1. The molecule has 0 atom stereocenters. The van der Waals surface area contributed by atoms with E-state index in [4.69, 9.17) is 4.74 Å². The Morgan fingerprint density at radius 3 is 2.65 bits per heavy atom. The van der Waals surface area contributed by atoms with Gasteiger partial charge in [0.1, 0.15) is 11.4 Å². The van der Waals surface area contributed by atoms with Gasteiger partial charge < -0.3 is 10.1 Å². The number of amides is 1. The van der Waals surface area contributed by atoms with E-state index < -0.39 is 11.2 Å². The number of nitrogens with one attached hydrogen (secondary N) is 1. The molecule has 8 nitrogen and oxygen atoms in total. The smallest absolute Gasteiger partial charge is 0.332 e. The van der Waals surface area contributed by atoms with Crippen LogP contribution in [-0.2, 0) is 25.3 Å². The number of ether oxygens (including phenoxy) is 1. The number of para-hydroxylation sites is 1. The summed E-state index contributed by atoms with van der Waals surface area (Å²) in [5.41, 5.74) is 0.480. The molecule has 0 saturated carbocycles. The van der Waals surface area contributed by atoms with Crippen molar-refractivity contribution in [1.29, 1.82) is 0 Å². The highest BCUT2D eigenvalue weighted by Gasteiger charge is 2.12. The van der Waals surface area contributed by atoms with E-state index in [1.165, 1.54) is 30.9 Å². The molecular weight excluding hydrogens is 336 g/mol. The maximum atomic E-state index is 12.3. The molecule has 134 valence electrons. The van der Waals surface area contributed by atoms with Crippen LogP contribution in [0, 0.1) is 0 Å². The second kappa shape index (κ2) is 6.83. The lowest BCUT2D eigenvalue weighted by atomic mass is 10.1. The lowest BCUT2D eigenvalue weighted by Gasteiger charge is -2.10. The largest absolute Gasteiger partial charge is 0.496 e. The number of carbonyl (C=O) groups excluding carboxylic acids is 1. The number of pyridine rings is 1. The zero-order valence-corrected chi connectivity index (χ0v) is 14.6. The van der Waals surface area contributed by atoms with E-state index in [1.807, 2.05) is 18.2 Å². The van der Waals surface area contributed by atoms with Crippen LogP contribution >= 0.6 is 0 Å². The van der Waals surface area contributed by atoms with Gasteiger partial charge in [0.2, 0.25) is 5.91 Å². The number of hydrogen-bond donors (Lipinski definition) is 1. The second-order valence-corrected chi connectivity index (χ2v) is 5.84. The van der Waals surface area contributed by atoms with Crippen molar-refractivity contribution in [2.24, 2.45) is 14.1 Å². The summed E-state index contributed by atoms with van der Waals surface area (Å²) < 4.78 is 7.53. The van der Waals surface area contributed by atoms with E-state index in [-0.39, 0.29) is 23.4 Å². The van der Waals surface area contributed by atoms with Crippen LogP contribution in [0.5, 0.6) is 5.75 Å². The maximum Gasteiger partial charge on any atom is 0.332 e. The van der Waals surface area contributed by atoms with Gasteiger partial charge in [-0.25, -0.2) is 9.78 Å². The molecule has 1 N–H and O–H groups in total. The first kappa shape index (κ1) is 17.4. The number of benzene rings is 1. The van der Waals surface area contributed by atoms with Gasteiger partial charge in [0, 0.05) is 19.7 Å². The van der Waals surface area contributed by atoms with Crippen LogP contribution in [-0.4, -0.2) is 27.1 Å². The summed E-state index contributed by atoms with van der Waals surface area (Å²) in [6.45, 7) is 0. The number of rotatable bonds is 4. The first-order valence-corrected chi connectivity index (χ1v) is 7.90. The lowest BCUT2D eigenvalue weighted by Crippen LogP contribution is -2.37. The number of aryl methyl sites for hydroxylation is 1. The van der Waals surface area contributed by atoms with E-state index >= 15 is 0 Å². The summed E-state index contributed by atoms with van der Waals surface area (Å²) in [7, 11) is 4.48. The number of aromatic nitrogens is 3. The highest BCUT2D eigenvalue weighted by Crippen LogP contribution is 2.19. The average molecular weight is 354 g/mol. The third-order valence-corrected chi connectivity index (χ3v) is 4.12. The molecule has 1 amide bonds. The molecule has 2 heterocycles. The second-order valence-electron chi connectivity index (χ2n) is 5.84. The minimum Gasteiger partial charge on any atom is -0.496 e. The number of carbonyl (C=O) groups is 1. The molecule has 0 saturated heterocycles. The molecule has 0 aliphatic rings. The standard InChI is InChI=1S/C18H18N4O4/c1-21-16-13(17(24)22(2)18(21)25)9-12(10-19-16)20-15(23)8-11-6-4-5-7-14(11)26-3/h4-7,9-10H,8H2,1-3H3,(H,20,23). The van der Waals surface area contributed by atoms with Crippen LogP contribution in [0.4, 0.5) is 5.69 Å². The van der Waals surface area contributed by atoms with Crippen molar-refractivity contribution in [2.45, 2.75) is 6.42 Å². The quantitative estimate of drug-likeness (QED) is 0.748. The van der Waals surface area contributed by atoms with Crippen LogP contribution in [0.3, 0.4) is 0 Å². The Morgan fingerprint density at radius 1 is 1.19 bits per heavy atom. The zero-order valence-electron chi connectivity index (χ0n) is 14.6. The van der Waals surface area contributed by atoms with Crippen LogP contribution in [0.15, 0.2) is 46.1 Å². The van der Waals surface area contributed by atoms with Crippen molar-refractivity contribution in [3.63, 3.8) is 0 Å². The Balaban J connectivity index is 1.91. The van der Waals surface area contributed by atoms with Gasteiger partial charge in [0.25, 0.3) is 5.56 Å². The molecule has 8 heteroatoms. The zero-order chi connectivity index (χ0) is 18.8. The first-order chi connectivity index (χ1) is 12.4. The van der Waals surface area contributed by atoms with Crippen LogP contribution in [0.2, 0.25) is 0 Å². The van der Waals surface area contributed by atoms with Crippen molar-refractivity contribution in [3.05, 3.63) is 62.9 Å². The molecule has 3 aromatic rings. The molecule has 0 fully saturated rings. The van der Waals surface area contributed by atoms with Crippen molar-refractivity contribution >= 4 is 22.6 Å². The van der Waals surface area contributed by atoms with Crippen molar-refractivity contribution in [1.82, 2.24) is 14.1 Å². The van der Waals surface area contributed by atoms with Crippen LogP contribution in [0.1, 0.15) is 5.56 Å². The first-order valence-electron chi connectivity index (χ1n) is 7.90. The summed E-state index contributed by atoms with van der Waals surface area (Å²) in [6.07, 6.45) is 1.54. The maximum absolute atomic E-state index is 12.3. The summed E-state index contributed by atoms with van der Waals surface area (Å²) >= 11 is 0. The Hall–Kier alpha value is -3.42. The fourth-order valence-electron chi connectivity index (χ4n) is 2.76. The van der Waals surface area contributed by atoms with Crippen molar-refractivity contribution in [2.75, 3.05) is 12.4 Å². The number of nitrogens with zero attached hydrogens (tertiary/aromatic N) is 3. The van der Waals surface area contributed by atoms with Gasteiger partial charge in [-0.1, -0.05) is 18.2 Å². The molecular formula is C18H18N4O4.